The first-order valence-electron chi connectivity index (χ1n) is 4.87. The quantitative estimate of drug-likeness (QED) is 0.659. The third-order valence-corrected chi connectivity index (χ3v) is 2.47. The Morgan fingerprint density at radius 1 is 1.62 bits per heavy atom. The van der Waals surface area contributed by atoms with Crippen LogP contribution in [0.2, 0.25) is 0 Å². The molecule has 1 fully saturated rings. The number of hydrogen-bond acceptors (Lipinski definition) is 2. The number of carbonyl (C=O) groups is 2. The van der Waals surface area contributed by atoms with Crippen molar-refractivity contribution in [1.82, 2.24) is 4.90 Å². The van der Waals surface area contributed by atoms with Gasteiger partial charge in [0.25, 0.3) is 0 Å². The summed E-state index contributed by atoms with van der Waals surface area (Å²) in [6, 6.07) is 0. The van der Waals surface area contributed by atoms with Gasteiger partial charge in [0.05, 0.1) is 0 Å². The summed E-state index contributed by atoms with van der Waals surface area (Å²) in [5, 5.41) is 0. The number of hydrogen-bond donors (Lipinski definition) is 0. The minimum absolute atomic E-state index is 0.158. The van der Waals surface area contributed by atoms with Gasteiger partial charge >= 0.3 is 0 Å². The normalized spacial score (nSPS) is 23.4. The fourth-order valence-electron chi connectivity index (χ4n) is 1.61. The number of Topliss-reactive ketones (excluding diaryl/α,β-unsaturated/α-hetero) is 1. The van der Waals surface area contributed by atoms with E-state index in [2.05, 4.69) is 6.92 Å². The summed E-state index contributed by atoms with van der Waals surface area (Å²) in [4.78, 5) is 23.9. The van der Waals surface area contributed by atoms with Crippen LogP contribution in [0.4, 0.5) is 0 Å². The van der Waals surface area contributed by atoms with E-state index in [9.17, 15) is 9.59 Å². The summed E-state index contributed by atoms with van der Waals surface area (Å²) < 4.78 is 0. The lowest BCUT2D eigenvalue weighted by atomic mass is 9.99. The van der Waals surface area contributed by atoms with Crippen LogP contribution in [-0.4, -0.2) is 29.7 Å². The summed E-state index contributed by atoms with van der Waals surface area (Å²) in [6.07, 6.45) is 2.15. The topological polar surface area (TPSA) is 37.4 Å². The predicted octanol–water partition coefficient (Wildman–Crippen LogP) is 1.22. The van der Waals surface area contributed by atoms with Crippen LogP contribution in [0.25, 0.3) is 0 Å². The van der Waals surface area contributed by atoms with E-state index in [-0.39, 0.29) is 11.7 Å². The molecule has 1 amide bonds. The van der Waals surface area contributed by atoms with Crippen LogP contribution in [-0.2, 0) is 9.59 Å². The molecule has 1 rings (SSSR count). The van der Waals surface area contributed by atoms with E-state index in [1.165, 1.54) is 0 Å². The molecule has 1 atom stereocenters. The van der Waals surface area contributed by atoms with Crippen LogP contribution in [0.1, 0.15) is 33.1 Å². The maximum absolute atomic E-state index is 11.4. The molecule has 1 saturated heterocycles. The summed E-state index contributed by atoms with van der Waals surface area (Å²) in [5.74, 6) is 0.954. The Morgan fingerprint density at radius 3 is 2.92 bits per heavy atom. The average molecular weight is 183 g/mol. The van der Waals surface area contributed by atoms with E-state index >= 15 is 0 Å². The molecule has 0 bridgehead atoms. The van der Waals surface area contributed by atoms with Gasteiger partial charge in [0.1, 0.15) is 5.78 Å². The lowest BCUT2D eigenvalue weighted by Gasteiger charge is -2.30. The van der Waals surface area contributed by atoms with Gasteiger partial charge in [-0.15, -0.1) is 0 Å². The van der Waals surface area contributed by atoms with Gasteiger partial charge < -0.3 is 4.90 Å². The Labute approximate surface area is 79.1 Å². The molecular weight excluding hydrogens is 166 g/mol. The van der Waals surface area contributed by atoms with Gasteiger partial charge in [0.15, 0.2) is 0 Å². The molecule has 1 unspecified atom stereocenters. The number of carbonyl (C=O) groups excluding carboxylic acids is 2. The lowest BCUT2D eigenvalue weighted by Crippen LogP contribution is -2.40. The Hall–Kier alpha value is -0.860. The second kappa shape index (κ2) is 4.40. The first-order valence-corrected chi connectivity index (χ1v) is 4.87. The van der Waals surface area contributed by atoms with Gasteiger partial charge in [-0.2, -0.15) is 0 Å². The van der Waals surface area contributed by atoms with E-state index in [4.69, 9.17) is 0 Å². The largest absolute Gasteiger partial charge is 0.342 e. The molecule has 0 aliphatic carbocycles. The van der Waals surface area contributed by atoms with Crippen molar-refractivity contribution in [1.29, 1.82) is 0 Å². The van der Waals surface area contributed by atoms with E-state index in [0.29, 0.717) is 25.3 Å². The zero-order valence-corrected chi connectivity index (χ0v) is 8.38. The third kappa shape index (κ3) is 3.17. The third-order valence-electron chi connectivity index (χ3n) is 2.47. The Kier molecular flexibility index (Phi) is 3.46. The summed E-state index contributed by atoms with van der Waals surface area (Å²) >= 11 is 0. The molecule has 0 N–H and O–H groups in total. The highest BCUT2D eigenvalue weighted by molar-refractivity contribution is 5.79. The van der Waals surface area contributed by atoms with Crippen LogP contribution >= 0.6 is 0 Å². The monoisotopic (exact) mass is 183 g/mol. The van der Waals surface area contributed by atoms with Gasteiger partial charge in [0.2, 0.25) is 5.91 Å². The van der Waals surface area contributed by atoms with Crippen LogP contribution < -0.4 is 0 Å². The van der Waals surface area contributed by atoms with Crippen molar-refractivity contribution < 1.29 is 9.59 Å². The number of nitrogens with zero attached hydrogens (tertiary/aromatic N) is 1. The fraction of sp³-hybridized carbons (Fsp3) is 0.800. The molecule has 0 aromatic carbocycles. The number of ketones is 1. The molecule has 1 heterocycles. The first-order chi connectivity index (χ1) is 6.09. The summed E-state index contributed by atoms with van der Waals surface area (Å²) in [6.45, 7) is 5.15. The van der Waals surface area contributed by atoms with Crippen molar-refractivity contribution in [2.75, 3.05) is 13.1 Å². The van der Waals surface area contributed by atoms with E-state index in [0.717, 1.165) is 13.0 Å². The van der Waals surface area contributed by atoms with E-state index in [1.807, 2.05) is 4.90 Å². The highest BCUT2D eigenvalue weighted by Gasteiger charge is 2.22. The molecule has 13 heavy (non-hydrogen) atoms. The molecule has 0 aromatic rings. The van der Waals surface area contributed by atoms with Crippen molar-refractivity contribution in [2.24, 2.45) is 5.92 Å². The molecule has 3 heteroatoms. The van der Waals surface area contributed by atoms with E-state index < -0.39 is 0 Å². The van der Waals surface area contributed by atoms with Crippen molar-refractivity contribution in [3.05, 3.63) is 0 Å². The summed E-state index contributed by atoms with van der Waals surface area (Å²) in [5.41, 5.74) is 0. The maximum atomic E-state index is 11.4. The molecule has 1 aliphatic rings. The zero-order chi connectivity index (χ0) is 9.84. The van der Waals surface area contributed by atoms with Crippen LogP contribution in [0.5, 0.6) is 0 Å². The Morgan fingerprint density at radius 2 is 2.31 bits per heavy atom. The average Bonchev–Trinajstić information content (AvgIpc) is 2.06. The van der Waals surface area contributed by atoms with Crippen LogP contribution in [0, 0.1) is 5.92 Å². The van der Waals surface area contributed by atoms with Crippen molar-refractivity contribution in [3.8, 4) is 0 Å². The second-order valence-corrected chi connectivity index (χ2v) is 3.94. The van der Waals surface area contributed by atoms with Gasteiger partial charge in [-0.3, -0.25) is 9.59 Å². The molecule has 0 radical (unpaired) electrons. The lowest BCUT2D eigenvalue weighted by molar-refractivity contribution is -0.135. The zero-order valence-electron chi connectivity index (χ0n) is 8.38. The van der Waals surface area contributed by atoms with Crippen LogP contribution in [0.15, 0.2) is 0 Å². The van der Waals surface area contributed by atoms with Crippen molar-refractivity contribution >= 4 is 11.7 Å². The molecular formula is C10H17NO2. The summed E-state index contributed by atoms with van der Waals surface area (Å²) in [7, 11) is 0. The number of likely N-dealkylation sites (tertiary alicyclic amines) is 1. The Bertz CT molecular complexity index is 213. The standard InChI is InChI=1S/C10H17NO2/c1-8-3-4-10(13)11(7-8)6-5-9(2)12/h8H,3-7H2,1-2H3. The van der Waals surface area contributed by atoms with Gasteiger partial charge in [-0.25, -0.2) is 0 Å². The first kappa shape index (κ1) is 10.2. The SMILES string of the molecule is CC(=O)CCN1CC(C)CCC1=O. The highest BCUT2D eigenvalue weighted by atomic mass is 16.2. The fourth-order valence-corrected chi connectivity index (χ4v) is 1.61. The molecule has 74 valence electrons. The Balaban J connectivity index is 2.37. The molecule has 0 aromatic heterocycles. The van der Waals surface area contributed by atoms with Crippen molar-refractivity contribution in [2.45, 2.75) is 33.1 Å². The van der Waals surface area contributed by atoms with E-state index in [1.54, 1.807) is 6.92 Å². The molecule has 3 nitrogen and oxygen atoms in total. The van der Waals surface area contributed by atoms with Crippen LogP contribution in [0.3, 0.4) is 0 Å². The van der Waals surface area contributed by atoms with Gasteiger partial charge in [-0.1, -0.05) is 6.92 Å². The minimum atomic E-state index is 0.158. The highest BCUT2D eigenvalue weighted by Crippen LogP contribution is 2.16. The smallest absolute Gasteiger partial charge is 0.222 e. The van der Waals surface area contributed by atoms with Gasteiger partial charge in [-0.05, 0) is 19.3 Å². The second-order valence-electron chi connectivity index (χ2n) is 3.94. The van der Waals surface area contributed by atoms with Crippen molar-refractivity contribution in [3.63, 3.8) is 0 Å². The molecule has 0 saturated carbocycles. The minimum Gasteiger partial charge on any atom is -0.342 e. The van der Waals surface area contributed by atoms with Gasteiger partial charge in [0, 0.05) is 25.9 Å². The predicted molar refractivity (Wildman–Crippen MR) is 50.3 cm³/mol. The molecule has 0 spiro atoms. The maximum Gasteiger partial charge on any atom is 0.222 e. The number of amides is 1. The molecule has 1 aliphatic heterocycles. The number of rotatable bonds is 3. The number of piperidine rings is 1.